The fourth-order valence-corrected chi connectivity index (χ4v) is 5.88. The summed E-state index contributed by atoms with van der Waals surface area (Å²) in [6, 6.07) is 19.7. The molecule has 0 saturated carbocycles. The first kappa shape index (κ1) is 21.5. The fourth-order valence-electron chi connectivity index (χ4n) is 3.73. The van der Waals surface area contributed by atoms with Gasteiger partial charge in [-0.1, -0.05) is 36.4 Å². The molecule has 1 amide bonds. The second kappa shape index (κ2) is 8.89. The molecule has 4 aromatic rings. The number of aromatic nitrogens is 2. The van der Waals surface area contributed by atoms with Gasteiger partial charge in [-0.3, -0.25) is 4.79 Å². The SMILES string of the molecule is O=C(NCc1ccccc1)c1ccc2c(c1)CN(S(=O)(=O)c1cccc3nsnc13)CCO2. The van der Waals surface area contributed by atoms with Crippen LogP contribution < -0.4 is 10.1 Å². The van der Waals surface area contributed by atoms with Crippen LogP contribution in [0, 0.1) is 0 Å². The number of nitrogens with zero attached hydrogens (tertiary/aromatic N) is 3. The van der Waals surface area contributed by atoms with Crippen LogP contribution in [0.5, 0.6) is 5.75 Å². The summed E-state index contributed by atoms with van der Waals surface area (Å²) in [5.41, 5.74) is 2.98. The third-order valence-corrected chi connectivity index (χ3v) is 7.85. The van der Waals surface area contributed by atoms with Crippen LogP contribution in [0.1, 0.15) is 21.5 Å². The highest BCUT2D eigenvalue weighted by molar-refractivity contribution is 7.89. The van der Waals surface area contributed by atoms with E-state index in [9.17, 15) is 13.2 Å². The minimum absolute atomic E-state index is 0.0887. The molecule has 33 heavy (non-hydrogen) atoms. The van der Waals surface area contributed by atoms with Crippen molar-refractivity contribution in [2.45, 2.75) is 18.0 Å². The molecule has 8 nitrogen and oxygen atoms in total. The minimum Gasteiger partial charge on any atom is -0.492 e. The van der Waals surface area contributed by atoms with E-state index in [4.69, 9.17) is 4.74 Å². The Bertz CT molecular complexity index is 1420. The smallest absolute Gasteiger partial charge is 0.251 e. The highest BCUT2D eigenvalue weighted by atomic mass is 32.2. The lowest BCUT2D eigenvalue weighted by Gasteiger charge is -2.19. The van der Waals surface area contributed by atoms with E-state index in [0.717, 1.165) is 17.3 Å². The molecule has 0 unspecified atom stereocenters. The van der Waals surface area contributed by atoms with Crippen LogP contribution in [-0.2, 0) is 23.1 Å². The fraction of sp³-hybridized carbons (Fsp3) is 0.174. The van der Waals surface area contributed by atoms with Gasteiger partial charge in [-0.2, -0.15) is 13.1 Å². The first-order valence-corrected chi connectivity index (χ1v) is 12.5. The van der Waals surface area contributed by atoms with Gasteiger partial charge in [0.25, 0.3) is 5.91 Å². The van der Waals surface area contributed by atoms with E-state index in [2.05, 4.69) is 14.1 Å². The zero-order chi connectivity index (χ0) is 22.8. The van der Waals surface area contributed by atoms with Gasteiger partial charge < -0.3 is 10.1 Å². The number of hydrogen-bond donors (Lipinski definition) is 1. The lowest BCUT2D eigenvalue weighted by molar-refractivity contribution is 0.0950. The molecular weight excluding hydrogens is 460 g/mol. The monoisotopic (exact) mass is 480 g/mol. The zero-order valence-electron chi connectivity index (χ0n) is 17.5. The van der Waals surface area contributed by atoms with Crippen LogP contribution in [0.3, 0.4) is 0 Å². The molecule has 10 heteroatoms. The summed E-state index contributed by atoms with van der Waals surface area (Å²) < 4.78 is 42.4. The summed E-state index contributed by atoms with van der Waals surface area (Å²) >= 11 is 0.978. The molecule has 1 aromatic heterocycles. The Morgan fingerprint density at radius 1 is 1.06 bits per heavy atom. The summed E-state index contributed by atoms with van der Waals surface area (Å²) in [5.74, 6) is 0.333. The molecule has 0 fully saturated rings. The van der Waals surface area contributed by atoms with Crippen molar-refractivity contribution in [1.82, 2.24) is 18.4 Å². The van der Waals surface area contributed by atoms with Crippen LogP contribution in [0.2, 0.25) is 0 Å². The summed E-state index contributed by atoms with van der Waals surface area (Å²) in [5, 5.41) is 2.90. The predicted molar refractivity (Wildman–Crippen MR) is 125 cm³/mol. The number of hydrogen-bond acceptors (Lipinski definition) is 7. The molecule has 0 saturated heterocycles. The second-order valence-corrected chi connectivity index (χ2v) is 10.0. The molecule has 168 valence electrons. The Labute approximate surface area is 195 Å². The molecule has 5 rings (SSSR count). The minimum atomic E-state index is -3.85. The highest BCUT2D eigenvalue weighted by Crippen LogP contribution is 2.30. The number of amides is 1. The number of carbonyl (C=O) groups is 1. The number of nitrogens with one attached hydrogen (secondary N) is 1. The van der Waals surface area contributed by atoms with Crippen molar-refractivity contribution < 1.29 is 17.9 Å². The van der Waals surface area contributed by atoms with Crippen molar-refractivity contribution in [2.75, 3.05) is 13.2 Å². The summed E-state index contributed by atoms with van der Waals surface area (Å²) in [7, 11) is -3.85. The van der Waals surface area contributed by atoms with Gasteiger partial charge in [0.15, 0.2) is 0 Å². The maximum atomic E-state index is 13.5. The first-order valence-electron chi connectivity index (χ1n) is 10.3. The molecular formula is C23H20N4O4S2. The Morgan fingerprint density at radius 3 is 2.76 bits per heavy atom. The Kier molecular flexibility index (Phi) is 5.79. The van der Waals surface area contributed by atoms with Crippen LogP contribution >= 0.6 is 11.7 Å². The van der Waals surface area contributed by atoms with Gasteiger partial charge in [-0.15, -0.1) is 0 Å². The van der Waals surface area contributed by atoms with Gasteiger partial charge in [-0.25, -0.2) is 8.42 Å². The van der Waals surface area contributed by atoms with E-state index in [1.165, 1.54) is 4.31 Å². The van der Waals surface area contributed by atoms with Crippen LogP contribution in [0.4, 0.5) is 0 Å². The molecule has 0 spiro atoms. The lowest BCUT2D eigenvalue weighted by atomic mass is 10.1. The van der Waals surface area contributed by atoms with Crippen LogP contribution in [-0.4, -0.2) is 40.5 Å². The summed E-state index contributed by atoms with van der Waals surface area (Å²) in [6.07, 6.45) is 0. The van der Waals surface area contributed by atoms with Crippen LogP contribution in [0.15, 0.2) is 71.6 Å². The van der Waals surface area contributed by atoms with E-state index < -0.39 is 10.0 Å². The van der Waals surface area contributed by atoms with Crippen molar-refractivity contribution >= 4 is 38.7 Å². The van der Waals surface area contributed by atoms with Gasteiger partial charge in [0.1, 0.15) is 28.3 Å². The topological polar surface area (TPSA) is 101 Å². The van der Waals surface area contributed by atoms with Crippen molar-refractivity contribution in [3.8, 4) is 5.75 Å². The third-order valence-electron chi connectivity index (χ3n) is 5.43. The van der Waals surface area contributed by atoms with Crippen molar-refractivity contribution in [3.63, 3.8) is 0 Å². The molecule has 1 N–H and O–H groups in total. The Morgan fingerprint density at radius 2 is 1.91 bits per heavy atom. The number of ether oxygens (including phenoxy) is 1. The number of fused-ring (bicyclic) bond motifs is 2. The zero-order valence-corrected chi connectivity index (χ0v) is 19.1. The van der Waals surface area contributed by atoms with Crippen LogP contribution in [0.25, 0.3) is 11.0 Å². The number of benzene rings is 3. The first-order chi connectivity index (χ1) is 16.0. The second-order valence-electron chi connectivity index (χ2n) is 7.57. The third kappa shape index (κ3) is 4.32. The normalized spacial score (nSPS) is 14.3. The highest BCUT2D eigenvalue weighted by Gasteiger charge is 2.30. The molecule has 0 radical (unpaired) electrons. The summed E-state index contributed by atoms with van der Waals surface area (Å²) in [6.45, 7) is 0.877. The van der Waals surface area contributed by atoms with E-state index in [1.54, 1.807) is 36.4 Å². The molecule has 0 aliphatic carbocycles. The van der Waals surface area contributed by atoms with Crippen molar-refractivity contribution in [1.29, 1.82) is 0 Å². The van der Waals surface area contributed by atoms with Gasteiger partial charge in [0.05, 0.1) is 11.7 Å². The Hall–Kier alpha value is -3.34. The lowest BCUT2D eigenvalue weighted by Crippen LogP contribution is -2.32. The molecule has 1 aliphatic heterocycles. The average Bonchev–Trinajstić information content (AvgIpc) is 3.21. The average molecular weight is 481 g/mol. The molecule has 2 heterocycles. The number of rotatable bonds is 5. The van der Waals surface area contributed by atoms with Gasteiger partial charge >= 0.3 is 0 Å². The Balaban J connectivity index is 1.40. The standard InChI is InChI=1S/C23H20N4O4S2/c28-23(24-14-16-5-2-1-3-6-16)17-9-10-20-18(13-17)15-27(11-12-31-20)33(29,30)21-8-4-7-19-22(21)26-32-25-19/h1-10,13H,11-12,14-15H2,(H,24,28). The van der Waals surface area contributed by atoms with E-state index in [-0.39, 0.29) is 30.5 Å². The van der Waals surface area contributed by atoms with Gasteiger partial charge in [0, 0.05) is 30.8 Å². The van der Waals surface area contributed by atoms with Gasteiger partial charge in [-0.05, 0) is 35.9 Å². The van der Waals surface area contributed by atoms with E-state index >= 15 is 0 Å². The number of carbonyl (C=O) groups excluding carboxylic acids is 1. The quantitative estimate of drug-likeness (QED) is 0.471. The molecule has 0 atom stereocenters. The van der Waals surface area contributed by atoms with Crippen molar-refractivity contribution in [3.05, 3.63) is 83.4 Å². The largest absolute Gasteiger partial charge is 0.492 e. The maximum absolute atomic E-state index is 13.5. The van der Waals surface area contributed by atoms with E-state index in [0.29, 0.717) is 34.5 Å². The number of sulfonamides is 1. The summed E-state index contributed by atoms with van der Waals surface area (Å²) in [4.78, 5) is 12.8. The molecule has 0 bridgehead atoms. The molecule has 3 aromatic carbocycles. The van der Waals surface area contributed by atoms with E-state index in [1.807, 2.05) is 30.3 Å². The van der Waals surface area contributed by atoms with Gasteiger partial charge in [0.2, 0.25) is 10.0 Å². The maximum Gasteiger partial charge on any atom is 0.251 e. The van der Waals surface area contributed by atoms with Crippen molar-refractivity contribution in [2.24, 2.45) is 0 Å². The molecule has 1 aliphatic rings. The predicted octanol–water partition coefficient (Wildman–Crippen LogP) is 3.20.